The summed E-state index contributed by atoms with van der Waals surface area (Å²) < 4.78 is 3.98. The molecule has 2 heterocycles. The number of halogens is 1. The van der Waals surface area contributed by atoms with Gasteiger partial charge in [0.2, 0.25) is 0 Å². The minimum absolute atomic E-state index is 0. The molecule has 4 rings (SSSR count). The highest BCUT2D eigenvalue weighted by Crippen LogP contribution is 2.21. The van der Waals surface area contributed by atoms with Gasteiger partial charge in [0.25, 0.3) is 11.0 Å². The zero-order valence-corrected chi connectivity index (χ0v) is 22.3. The number of nitrogens with one attached hydrogen (secondary N) is 1. The molecule has 0 radical (unpaired) electrons. The van der Waals surface area contributed by atoms with Crippen molar-refractivity contribution in [3.63, 3.8) is 0 Å². The molecule has 182 valence electrons. The molecule has 0 saturated heterocycles. The van der Waals surface area contributed by atoms with E-state index in [2.05, 4.69) is 5.32 Å². The lowest BCUT2D eigenvalue weighted by Crippen LogP contribution is -3.00. The largest absolute Gasteiger partial charge is 1.00 e. The first-order valence-electron chi connectivity index (χ1n) is 10.8. The Morgan fingerprint density at radius 3 is 1.56 bits per heavy atom. The maximum atomic E-state index is 9.66. The van der Waals surface area contributed by atoms with Gasteiger partial charge in [-0.25, -0.2) is 0 Å². The van der Waals surface area contributed by atoms with E-state index in [1.165, 1.54) is 0 Å². The number of benzene rings is 2. The van der Waals surface area contributed by atoms with E-state index < -0.39 is 6.09 Å². The number of carboxylic acid groups (broad SMARTS) is 1. The van der Waals surface area contributed by atoms with E-state index in [0.29, 0.717) is 18.0 Å². The molecule has 3 N–H and O–H groups in total. The van der Waals surface area contributed by atoms with E-state index in [9.17, 15) is 20.1 Å². The summed E-state index contributed by atoms with van der Waals surface area (Å²) >= 11 is 0. The van der Waals surface area contributed by atoms with Crippen molar-refractivity contribution in [1.29, 1.82) is 0 Å². The molecule has 2 aromatic carbocycles. The fourth-order valence-electron chi connectivity index (χ4n) is 3.32. The van der Waals surface area contributed by atoms with Gasteiger partial charge in [0.05, 0.1) is 10.8 Å². The van der Waals surface area contributed by atoms with Crippen LogP contribution in [0.4, 0.5) is 4.79 Å². The fourth-order valence-corrected chi connectivity index (χ4v) is 3.32. The molecule has 0 aliphatic rings. The summed E-state index contributed by atoms with van der Waals surface area (Å²) in [5.74, 6) is 0.674. The zero-order valence-electron chi connectivity index (χ0n) is 20.2. The zero-order chi connectivity index (χ0) is 24.5. The molecule has 0 aliphatic heterocycles. The molecule has 8 heteroatoms. The van der Waals surface area contributed by atoms with Crippen molar-refractivity contribution in [2.75, 3.05) is 6.54 Å². The highest BCUT2D eigenvalue weighted by atomic mass is 127. The monoisotopic (exact) mass is 577 g/mol. The third-order valence-electron chi connectivity index (χ3n) is 5.35. The molecule has 0 unspecified atom stereocenters. The maximum Gasteiger partial charge on any atom is 0.254 e. The first-order chi connectivity index (χ1) is 15.7. The average Bonchev–Trinajstić information content (AvgIpc) is 2.78. The molecular weight excluding hydrogens is 545 g/mol. The van der Waals surface area contributed by atoms with Crippen molar-refractivity contribution in [1.82, 2.24) is 5.32 Å². The minimum atomic E-state index is -1.19. The van der Waals surface area contributed by atoms with Gasteiger partial charge in [-0.05, 0) is 42.8 Å². The number of aromatic hydroxyl groups is 2. The standard InChI is InChI=1S/2C11H11NO.C4H9NO2.HI/c2*1-8-6-7-9-4-3-5-10(13)11(9)12(8)2;1-2-3-5-4(6)7;/h2*3-7H,1-2H3;5H,2-3H2,1H3,(H,6,7);1H. The van der Waals surface area contributed by atoms with Crippen LogP contribution in [0, 0.1) is 13.8 Å². The number of aryl methyl sites for hydroxylation is 4. The Morgan fingerprint density at radius 2 is 1.24 bits per heavy atom. The van der Waals surface area contributed by atoms with Crippen LogP contribution < -0.4 is 43.5 Å². The number of rotatable bonds is 2. The second-order valence-electron chi connectivity index (χ2n) is 7.71. The highest BCUT2D eigenvalue weighted by Gasteiger charge is 2.12. The summed E-state index contributed by atoms with van der Waals surface area (Å²) in [6, 6.07) is 19.2. The van der Waals surface area contributed by atoms with Crippen molar-refractivity contribution < 1.29 is 53.2 Å². The van der Waals surface area contributed by atoms with E-state index in [-0.39, 0.29) is 24.0 Å². The van der Waals surface area contributed by atoms with Gasteiger partial charge in [-0.3, -0.25) is 0 Å². The van der Waals surface area contributed by atoms with Gasteiger partial charge in [-0.15, -0.1) is 0 Å². The number of pyridine rings is 2. The van der Waals surface area contributed by atoms with E-state index >= 15 is 0 Å². The van der Waals surface area contributed by atoms with Gasteiger partial charge in [0.1, 0.15) is 20.2 Å². The van der Waals surface area contributed by atoms with Crippen LogP contribution in [0.15, 0.2) is 60.7 Å². The first-order valence-corrected chi connectivity index (χ1v) is 10.8. The lowest BCUT2D eigenvalue weighted by Gasteiger charge is -2.01. The topological polar surface area (TPSA) is 100 Å². The minimum Gasteiger partial charge on any atom is -1.00 e. The summed E-state index contributed by atoms with van der Waals surface area (Å²) in [6.45, 7) is 6.41. The van der Waals surface area contributed by atoms with Crippen LogP contribution in [0.3, 0.4) is 0 Å². The number of phenolic OH excluding ortho intramolecular Hbond substituents is 2. The van der Waals surface area contributed by atoms with E-state index in [0.717, 1.165) is 39.6 Å². The van der Waals surface area contributed by atoms with Crippen molar-refractivity contribution in [3.05, 3.63) is 72.1 Å². The van der Waals surface area contributed by atoms with Gasteiger partial charge in [0, 0.05) is 32.5 Å². The van der Waals surface area contributed by atoms with Crippen LogP contribution in [-0.4, -0.2) is 22.9 Å². The number of carbonyl (C=O) groups excluding carboxylic acids is 1. The van der Waals surface area contributed by atoms with Crippen LogP contribution in [-0.2, 0) is 14.1 Å². The second-order valence-corrected chi connectivity index (χ2v) is 7.71. The number of carbonyl (C=O) groups is 1. The molecule has 0 aliphatic carbocycles. The second kappa shape index (κ2) is 13.5. The summed E-state index contributed by atoms with van der Waals surface area (Å²) in [7, 11) is 3.91. The summed E-state index contributed by atoms with van der Waals surface area (Å²) in [4.78, 5) is 9.54. The Hall–Kier alpha value is -3.14. The van der Waals surface area contributed by atoms with Crippen LogP contribution >= 0.6 is 0 Å². The lowest BCUT2D eigenvalue weighted by molar-refractivity contribution is -0.651. The molecule has 0 saturated carbocycles. The molecule has 0 atom stereocenters. The van der Waals surface area contributed by atoms with Crippen LogP contribution in [0.25, 0.3) is 21.8 Å². The smallest absolute Gasteiger partial charge is 0.254 e. The number of fused-ring (bicyclic) bond motifs is 2. The molecule has 4 aromatic rings. The van der Waals surface area contributed by atoms with Gasteiger partial charge < -0.3 is 49.4 Å². The third-order valence-corrected chi connectivity index (χ3v) is 5.35. The summed E-state index contributed by atoms with van der Waals surface area (Å²) in [6.07, 6.45) is -0.379. The molecule has 7 nitrogen and oxygen atoms in total. The van der Waals surface area contributed by atoms with Crippen molar-refractivity contribution >= 4 is 27.9 Å². The van der Waals surface area contributed by atoms with Crippen molar-refractivity contribution in [2.24, 2.45) is 14.1 Å². The first kappa shape index (κ1) is 28.9. The van der Waals surface area contributed by atoms with Crippen molar-refractivity contribution in [3.8, 4) is 11.5 Å². The van der Waals surface area contributed by atoms with E-state index in [1.54, 1.807) is 12.1 Å². The predicted molar refractivity (Wildman–Crippen MR) is 127 cm³/mol. The van der Waals surface area contributed by atoms with Crippen LogP contribution in [0.1, 0.15) is 24.7 Å². The average molecular weight is 577 g/mol. The van der Waals surface area contributed by atoms with E-state index in [1.807, 2.05) is 92.5 Å². The summed E-state index contributed by atoms with van der Waals surface area (Å²) in [5, 5.41) is 33.1. The molecule has 0 fully saturated rings. The van der Waals surface area contributed by atoms with Crippen molar-refractivity contribution in [2.45, 2.75) is 27.2 Å². The Labute approximate surface area is 217 Å². The van der Waals surface area contributed by atoms with Gasteiger partial charge >= 0.3 is 0 Å². The van der Waals surface area contributed by atoms with E-state index in [4.69, 9.17) is 0 Å². The number of aromatic nitrogens is 2. The Bertz CT molecular complexity index is 1170. The molecule has 2 aromatic heterocycles. The molecule has 1 amide bonds. The molecular formula is C26H32IN3O4. The Balaban J connectivity index is 0.000000264. The highest BCUT2D eigenvalue weighted by molar-refractivity contribution is 5.81. The van der Waals surface area contributed by atoms with Gasteiger partial charge in [-0.1, -0.05) is 19.1 Å². The number of para-hydroxylation sites is 2. The Kier molecular flexibility index (Phi) is 11.5. The summed E-state index contributed by atoms with van der Waals surface area (Å²) in [5.41, 5.74) is 4.05. The number of phenols is 2. The van der Waals surface area contributed by atoms with Gasteiger partial charge in [-0.2, -0.15) is 9.13 Å². The molecule has 0 spiro atoms. The Morgan fingerprint density at radius 1 is 0.824 bits per heavy atom. The molecule has 0 bridgehead atoms. The number of amides is 1. The number of hydrogen-bond donors (Lipinski definition) is 3. The quantitative estimate of drug-likeness (QED) is 0.225. The van der Waals surface area contributed by atoms with Gasteiger partial charge in [0.15, 0.2) is 22.9 Å². The number of nitrogens with zero attached hydrogens (tertiary/aromatic N) is 2. The maximum absolute atomic E-state index is 9.66. The fraction of sp³-hybridized carbons (Fsp3) is 0.269. The lowest BCUT2D eigenvalue weighted by atomic mass is 10.2. The van der Waals surface area contributed by atoms with Crippen LogP contribution in [0.2, 0.25) is 0 Å². The normalized spacial score (nSPS) is 9.79. The molecule has 34 heavy (non-hydrogen) atoms. The number of hydrogen-bond acceptors (Lipinski definition) is 4. The SMILES string of the molecule is CCCNC(=O)[O-].Cc1ccc2cccc(O)c2[n+]1C.Cc1ccc2cccc(O)c2[n+]1C.[I-]. The predicted octanol–water partition coefficient (Wildman–Crippen LogP) is -0.310. The third kappa shape index (κ3) is 7.44. The van der Waals surface area contributed by atoms with Crippen LogP contribution in [0.5, 0.6) is 11.5 Å².